The minimum atomic E-state index is -3.59. The van der Waals surface area contributed by atoms with E-state index in [9.17, 15) is 18.0 Å². The quantitative estimate of drug-likeness (QED) is 0.323. The van der Waals surface area contributed by atoms with Crippen LogP contribution in [-0.2, 0) is 30.8 Å². The summed E-state index contributed by atoms with van der Waals surface area (Å²) in [4.78, 5) is 28.7. The third-order valence-electron chi connectivity index (χ3n) is 3.67. The van der Waals surface area contributed by atoms with Crippen molar-refractivity contribution < 1.29 is 22.7 Å². The number of benzene rings is 1. The van der Waals surface area contributed by atoms with Crippen molar-refractivity contribution in [1.29, 1.82) is 0 Å². The van der Waals surface area contributed by atoms with Crippen LogP contribution in [0.3, 0.4) is 0 Å². The number of anilines is 2. The van der Waals surface area contributed by atoms with Crippen LogP contribution in [0.2, 0.25) is 0 Å². The fraction of sp³-hybridized carbons (Fsp3) is 0.211. The lowest BCUT2D eigenvalue weighted by Gasteiger charge is -2.07. The zero-order valence-electron chi connectivity index (χ0n) is 16.4. The molecule has 0 fully saturated rings. The molecule has 164 valence electrons. The number of thiazole rings is 1. The summed E-state index contributed by atoms with van der Waals surface area (Å²) in [5.41, 5.74) is 0.992. The molecule has 2 N–H and O–H groups in total. The lowest BCUT2D eigenvalue weighted by molar-refractivity contribution is -0.142. The normalized spacial score (nSPS) is 11.1. The number of ether oxygens (including phenoxy) is 1. The minimum Gasteiger partial charge on any atom is -0.466 e. The fourth-order valence-electron chi connectivity index (χ4n) is 2.35. The largest absolute Gasteiger partial charge is 0.466 e. The molecule has 1 aromatic carbocycles. The van der Waals surface area contributed by atoms with Gasteiger partial charge in [-0.3, -0.25) is 14.3 Å². The van der Waals surface area contributed by atoms with Crippen LogP contribution in [0.4, 0.5) is 10.8 Å². The molecule has 3 aromatic rings. The molecular weight excluding hydrogens is 478 g/mol. The first kappa shape index (κ1) is 23.3. The van der Waals surface area contributed by atoms with E-state index in [4.69, 9.17) is 4.74 Å². The van der Waals surface area contributed by atoms with Gasteiger partial charge in [0, 0.05) is 16.0 Å². The predicted octanol–water partition coefficient (Wildman–Crippen LogP) is 3.84. The van der Waals surface area contributed by atoms with Crippen molar-refractivity contribution in [2.75, 3.05) is 22.4 Å². The Morgan fingerprint density at radius 1 is 1.16 bits per heavy atom. The van der Waals surface area contributed by atoms with Crippen LogP contribution in [-0.4, -0.2) is 37.6 Å². The van der Waals surface area contributed by atoms with Crippen molar-refractivity contribution in [3.63, 3.8) is 0 Å². The number of sulfonamides is 1. The Bertz CT molecular complexity index is 1130. The molecule has 12 heteroatoms. The molecule has 0 saturated carbocycles. The highest BCUT2D eigenvalue weighted by molar-refractivity contribution is 8.00. The SMILES string of the molecule is CCOC(=O)Cc1csc(NC(=O)CSc2ccc(NS(=O)(=O)c3cccs3)cc2)n1. The molecule has 0 bridgehead atoms. The van der Waals surface area contributed by atoms with E-state index < -0.39 is 10.0 Å². The molecule has 3 rings (SSSR count). The number of esters is 1. The standard InChI is InChI=1S/C19H19N3O5S4/c1-2-27-17(24)10-14-11-30-19(20-14)21-16(23)12-29-15-7-5-13(6-8-15)22-31(25,26)18-4-3-9-28-18/h3-9,11,22H,2,10,12H2,1H3,(H,20,21,23). The first-order valence-electron chi connectivity index (χ1n) is 9.05. The molecule has 2 aromatic heterocycles. The molecule has 0 saturated heterocycles. The molecule has 1 amide bonds. The highest BCUT2D eigenvalue weighted by atomic mass is 32.2. The van der Waals surface area contributed by atoms with Crippen LogP contribution in [0.5, 0.6) is 0 Å². The Morgan fingerprint density at radius 2 is 1.94 bits per heavy atom. The van der Waals surface area contributed by atoms with Crippen molar-refractivity contribution in [3.8, 4) is 0 Å². The van der Waals surface area contributed by atoms with E-state index in [0.717, 1.165) is 16.2 Å². The van der Waals surface area contributed by atoms with Gasteiger partial charge in [-0.15, -0.1) is 34.4 Å². The summed E-state index contributed by atoms with van der Waals surface area (Å²) in [6.45, 7) is 2.05. The van der Waals surface area contributed by atoms with Crippen LogP contribution >= 0.6 is 34.4 Å². The van der Waals surface area contributed by atoms with Gasteiger partial charge in [0.2, 0.25) is 5.91 Å². The van der Waals surface area contributed by atoms with Gasteiger partial charge in [-0.1, -0.05) is 6.07 Å². The van der Waals surface area contributed by atoms with Gasteiger partial charge in [-0.2, -0.15) is 0 Å². The maximum atomic E-state index is 12.2. The molecular formula is C19H19N3O5S4. The Kier molecular flexibility index (Phi) is 8.07. The van der Waals surface area contributed by atoms with Gasteiger partial charge in [-0.05, 0) is 42.6 Å². The van der Waals surface area contributed by atoms with Crippen molar-refractivity contribution >= 4 is 67.2 Å². The molecule has 0 spiro atoms. The zero-order valence-corrected chi connectivity index (χ0v) is 19.6. The van der Waals surface area contributed by atoms with Crippen molar-refractivity contribution in [2.24, 2.45) is 0 Å². The molecule has 2 heterocycles. The van der Waals surface area contributed by atoms with Gasteiger partial charge in [0.25, 0.3) is 10.0 Å². The number of aromatic nitrogens is 1. The smallest absolute Gasteiger partial charge is 0.311 e. The first-order chi connectivity index (χ1) is 14.9. The van der Waals surface area contributed by atoms with Crippen LogP contribution in [0.25, 0.3) is 0 Å². The highest BCUT2D eigenvalue weighted by Gasteiger charge is 2.15. The Labute approximate surface area is 192 Å². The fourth-order valence-corrected chi connectivity index (χ4v) is 5.83. The van der Waals surface area contributed by atoms with Crippen LogP contribution < -0.4 is 10.0 Å². The molecule has 8 nitrogen and oxygen atoms in total. The van der Waals surface area contributed by atoms with E-state index in [1.807, 2.05) is 0 Å². The van der Waals surface area contributed by atoms with E-state index in [1.54, 1.807) is 48.0 Å². The minimum absolute atomic E-state index is 0.0670. The van der Waals surface area contributed by atoms with Gasteiger partial charge in [0.05, 0.1) is 24.5 Å². The zero-order chi connectivity index (χ0) is 22.3. The highest BCUT2D eigenvalue weighted by Crippen LogP contribution is 2.24. The average Bonchev–Trinajstić information content (AvgIpc) is 3.40. The number of nitrogens with one attached hydrogen (secondary N) is 2. The molecule has 0 aliphatic carbocycles. The van der Waals surface area contributed by atoms with E-state index in [0.29, 0.717) is 23.1 Å². The van der Waals surface area contributed by atoms with Crippen molar-refractivity contribution in [2.45, 2.75) is 22.4 Å². The van der Waals surface area contributed by atoms with Gasteiger partial charge in [0.1, 0.15) is 4.21 Å². The number of hydrogen-bond donors (Lipinski definition) is 2. The maximum absolute atomic E-state index is 12.2. The average molecular weight is 498 g/mol. The molecule has 0 aliphatic rings. The van der Waals surface area contributed by atoms with Crippen LogP contribution in [0, 0.1) is 0 Å². The predicted molar refractivity (Wildman–Crippen MR) is 123 cm³/mol. The summed E-state index contributed by atoms with van der Waals surface area (Å²) in [5, 5.41) is 6.53. The van der Waals surface area contributed by atoms with E-state index in [1.165, 1.54) is 29.2 Å². The molecule has 0 unspecified atom stereocenters. The summed E-state index contributed by atoms with van der Waals surface area (Å²) in [7, 11) is -3.59. The summed E-state index contributed by atoms with van der Waals surface area (Å²) >= 11 is 3.70. The number of hydrogen-bond acceptors (Lipinski definition) is 9. The second-order valence-electron chi connectivity index (χ2n) is 6.02. The second kappa shape index (κ2) is 10.8. The van der Waals surface area contributed by atoms with Gasteiger partial charge < -0.3 is 10.1 Å². The number of carbonyl (C=O) groups excluding carboxylic acids is 2. The summed E-state index contributed by atoms with van der Waals surface area (Å²) in [6.07, 6.45) is 0.0670. The first-order valence-corrected chi connectivity index (χ1v) is 13.3. The number of amides is 1. The van der Waals surface area contributed by atoms with Gasteiger partial charge >= 0.3 is 5.97 Å². The topological polar surface area (TPSA) is 114 Å². The third-order valence-corrected chi connectivity index (χ3v) is 8.26. The Morgan fingerprint density at radius 3 is 2.61 bits per heavy atom. The Hall–Kier alpha value is -2.41. The number of thiophene rings is 1. The maximum Gasteiger partial charge on any atom is 0.311 e. The molecule has 31 heavy (non-hydrogen) atoms. The Balaban J connectivity index is 1.47. The summed E-state index contributed by atoms with van der Waals surface area (Å²) < 4.78 is 32.1. The monoisotopic (exact) mass is 497 g/mol. The van der Waals surface area contributed by atoms with E-state index >= 15 is 0 Å². The lowest BCUT2D eigenvalue weighted by Crippen LogP contribution is -2.14. The van der Waals surface area contributed by atoms with Gasteiger partial charge in [0.15, 0.2) is 5.13 Å². The van der Waals surface area contributed by atoms with E-state index in [2.05, 4.69) is 15.0 Å². The van der Waals surface area contributed by atoms with Gasteiger partial charge in [-0.25, -0.2) is 13.4 Å². The number of nitrogens with zero attached hydrogens (tertiary/aromatic N) is 1. The molecule has 0 aliphatic heterocycles. The molecule has 0 atom stereocenters. The lowest BCUT2D eigenvalue weighted by atomic mass is 10.3. The second-order valence-corrected chi connectivity index (χ2v) is 10.8. The number of thioether (sulfide) groups is 1. The summed E-state index contributed by atoms with van der Waals surface area (Å²) in [5.74, 6) is -0.431. The van der Waals surface area contributed by atoms with Crippen LogP contribution in [0.1, 0.15) is 12.6 Å². The third kappa shape index (κ3) is 7.06. The summed E-state index contributed by atoms with van der Waals surface area (Å²) in [6, 6.07) is 9.99. The number of rotatable bonds is 10. The number of carbonyl (C=O) groups is 2. The van der Waals surface area contributed by atoms with E-state index in [-0.39, 0.29) is 28.3 Å². The van der Waals surface area contributed by atoms with Crippen LogP contribution in [0.15, 0.2) is 56.3 Å². The molecule has 0 radical (unpaired) electrons. The van der Waals surface area contributed by atoms with Crippen molar-refractivity contribution in [3.05, 3.63) is 52.9 Å². The van der Waals surface area contributed by atoms with Crippen molar-refractivity contribution in [1.82, 2.24) is 4.98 Å².